The molecule has 0 spiro atoms. The van der Waals surface area contributed by atoms with Gasteiger partial charge < -0.3 is 5.32 Å². The van der Waals surface area contributed by atoms with Crippen LogP contribution in [-0.2, 0) is 6.18 Å². The van der Waals surface area contributed by atoms with E-state index in [1.165, 1.54) is 12.1 Å². The van der Waals surface area contributed by atoms with E-state index in [0.29, 0.717) is 11.6 Å². The Balaban J connectivity index is 2.73. The van der Waals surface area contributed by atoms with Gasteiger partial charge in [-0.3, -0.25) is 0 Å². The number of halogens is 4. The Morgan fingerprint density at radius 1 is 1.27 bits per heavy atom. The summed E-state index contributed by atoms with van der Waals surface area (Å²) < 4.78 is 36.6. The molecule has 0 aromatic heterocycles. The molecular formula is C10H11ClF3N. The largest absolute Gasteiger partial charge is 0.416 e. The smallest absolute Gasteiger partial charge is 0.381 e. The molecule has 0 fully saturated rings. The van der Waals surface area contributed by atoms with Gasteiger partial charge in [-0.2, -0.15) is 13.2 Å². The van der Waals surface area contributed by atoms with Crippen LogP contribution in [0.3, 0.4) is 0 Å². The molecule has 1 aromatic carbocycles. The molecule has 1 N–H and O–H groups in total. The predicted molar refractivity (Wildman–Crippen MR) is 55.2 cm³/mol. The fourth-order valence-corrected chi connectivity index (χ4v) is 1.16. The molecule has 15 heavy (non-hydrogen) atoms. The van der Waals surface area contributed by atoms with E-state index < -0.39 is 11.7 Å². The van der Waals surface area contributed by atoms with Gasteiger partial charge in [0.25, 0.3) is 0 Å². The summed E-state index contributed by atoms with van der Waals surface area (Å²) in [7, 11) is 0. The highest BCUT2D eigenvalue weighted by atomic mass is 35.5. The topological polar surface area (TPSA) is 12.0 Å². The molecule has 1 nitrogen and oxygen atoms in total. The minimum absolute atomic E-state index is 0.0309. The first-order valence-corrected chi connectivity index (χ1v) is 4.96. The number of nitrogens with one attached hydrogen (secondary N) is 1. The van der Waals surface area contributed by atoms with Crippen LogP contribution in [0, 0.1) is 0 Å². The number of anilines is 1. The lowest BCUT2D eigenvalue weighted by atomic mass is 10.2. The number of rotatable bonds is 3. The predicted octanol–water partition coefficient (Wildman–Crippen LogP) is 3.74. The molecular weight excluding hydrogens is 227 g/mol. The van der Waals surface area contributed by atoms with E-state index in [2.05, 4.69) is 5.32 Å². The van der Waals surface area contributed by atoms with Crippen molar-refractivity contribution in [2.45, 2.75) is 19.1 Å². The Kier molecular flexibility index (Phi) is 3.85. The molecule has 1 rings (SSSR count). The molecule has 1 unspecified atom stereocenters. The first-order chi connectivity index (χ1) is 6.93. The SMILES string of the molecule is CC(CCl)Nc1ccc(C(F)(F)F)cc1. The highest BCUT2D eigenvalue weighted by Gasteiger charge is 2.29. The molecule has 1 aromatic rings. The van der Waals surface area contributed by atoms with E-state index >= 15 is 0 Å². The fraction of sp³-hybridized carbons (Fsp3) is 0.400. The van der Waals surface area contributed by atoms with E-state index in [9.17, 15) is 13.2 Å². The third kappa shape index (κ3) is 3.63. The van der Waals surface area contributed by atoms with Crippen molar-refractivity contribution in [3.8, 4) is 0 Å². The maximum absolute atomic E-state index is 12.2. The van der Waals surface area contributed by atoms with Crippen LogP contribution in [0.25, 0.3) is 0 Å². The van der Waals surface area contributed by atoms with Crippen molar-refractivity contribution < 1.29 is 13.2 Å². The molecule has 0 heterocycles. The van der Waals surface area contributed by atoms with Crippen LogP contribution in [0.15, 0.2) is 24.3 Å². The number of hydrogen-bond acceptors (Lipinski definition) is 1. The maximum Gasteiger partial charge on any atom is 0.416 e. The zero-order valence-corrected chi connectivity index (χ0v) is 8.86. The lowest BCUT2D eigenvalue weighted by molar-refractivity contribution is -0.137. The summed E-state index contributed by atoms with van der Waals surface area (Å²) in [6.45, 7) is 1.85. The van der Waals surface area contributed by atoms with Crippen LogP contribution in [0.1, 0.15) is 12.5 Å². The van der Waals surface area contributed by atoms with Gasteiger partial charge in [0.2, 0.25) is 0 Å². The van der Waals surface area contributed by atoms with Gasteiger partial charge in [0.1, 0.15) is 0 Å². The van der Waals surface area contributed by atoms with Crippen LogP contribution in [0.4, 0.5) is 18.9 Å². The van der Waals surface area contributed by atoms with Crippen molar-refractivity contribution in [3.05, 3.63) is 29.8 Å². The maximum atomic E-state index is 12.2. The molecule has 0 saturated heterocycles. The lowest BCUT2D eigenvalue weighted by Gasteiger charge is -2.13. The summed E-state index contributed by atoms with van der Waals surface area (Å²) in [4.78, 5) is 0. The molecule has 1 atom stereocenters. The third-order valence-electron chi connectivity index (χ3n) is 1.86. The summed E-state index contributed by atoms with van der Waals surface area (Å²) in [5, 5.41) is 2.97. The minimum atomic E-state index is -4.28. The number of benzene rings is 1. The fourth-order valence-electron chi connectivity index (χ4n) is 1.08. The van der Waals surface area contributed by atoms with Crippen molar-refractivity contribution in [1.29, 1.82) is 0 Å². The van der Waals surface area contributed by atoms with Crippen molar-refractivity contribution >= 4 is 17.3 Å². The first kappa shape index (κ1) is 12.2. The van der Waals surface area contributed by atoms with Crippen molar-refractivity contribution in [1.82, 2.24) is 0 Å². The molecule has 0 bridgehead atoms. The number of alkyl halides is 4. The molecule has 5 heteroatoms. The van der Waals surface area contributed by atoms with Crippen LogP contribution in [-0.4, -0.2) is 11.9 Å². The van der Waals surface area contributed by atoms with Gasteiger partial charge in [-0.15, -0.1) is 11.6 Å². The minimum Gasteiger partial charge on any atom is -0.381 e. The Bertz CT molecular complexity index is 307. The molecule has 0 saturated carbocycles. The van der Waals surface area contributed by atoms with Crippen molar-refractivity contribution in [2.24, 2.45) is 0 Å². The molecule has 0 aliphatic rings. The van der Waals surface area contributed by atoms with Crippen LogP contribution < -0.4 is 5.32 Å². The van der Waals surface area contributed by atoms with Gasteiger partial charge >= 0.3 is 6.18 Å². The highest BCUT2D eigenvalue weighted by Crippen LogP contribution is 2.29. The Morgan fingerprint density at radius 2 is 1.80 bits per heavy atom. The van der Waals surface area contributed by atoms with Gasteiger partial charge in [-0.05, 0) is 31.2 Å². The second-order valence-electron chi connectivity index (χ2n) is 3.27. The van der Waals surface area contributed by atoms with Crippen LogP contribution >= 0.6 is 11.6 Å². The Hall–Kier alpha value is -0.900. The third-order valence-corrected chi connectivity index (χ3v) is 2.32. The monoisotopic (exact) mass is 237 g/mol. The summed E-state index contributed by atoms with van der Waals surface area (Å²) >= 11 is 5.56. The molecule has 0 aliphatic heterocycles. The van der Waals surface area contributed by atoms with Crippen molar-refractivity contribution in [3.63, 3.8) is 0 Å². The summed E-state index contributed by atoms with van der Waals surface area (Å²) in [5.74, 6) is 0.404. The summed E-state index contributed by atoms with van der Waals surface area (Å²) in [5.41, 5.74) is -0.0114. The lowest BCUT2D eigenvalue weighted by Crippen LogP contribution is -2.16. The first-order valence-electron chi connectivity index (χ1n) is 4.43. The highest BCUT2D eigenvalue weighted by molar-refractivity contribution is 6.18. The molecule has 84 valence electrons. The van der Waals surface area contributed by atoms with Crippen molar-refractivity contribution in [2.75, 3.05) is 11.2 Å². The van der Waals surface area contributed by atoms with E-state index in [0.717, 1.165) is 12.1 Å². The van der Waals surface area contributed by atoms with Crippen LogP contribution in [0.5, 0.6) is 0 Å². The average Bonchev–Trinajstić information content (AvgIpc) is 2.17. The van der Waals surface area contributed by atoms with E-state index in [1.807, 2.05) is 6.92 Å². The number of hydrogen-bond donors (Lipinski definition) is 1. The summed E-state index contributed by atoms with van der Waals surface area (Å²) in [6.07, 6.45) is -4.28. The second-order valence-corrected chi connectivity index (χ2v) is 3.58. The van der Waals surface area contributed by atoms with Gasteiger partial charge in [0, 0.05) is 17.6 Å². The van der Waals surface area contributed by atoms with E-state index in [1.54, 1.807) is 0 Å². The van der Waals surface area contributed by atoms with Gasteiger partial charge in [0.15, 0.2) is 0 Å². The Labute approximate surface area is 91.2 Å². The average molecular weight is 238 g/mol. The van der Waals surface area contributed by atoms with Gasteiger partial charge in [0.05, 0.1) is 5.56 Å². The van der Waals surface area contributed by atoms with Gasteiger partial charge in [-0.1, -0.05) is 0 Å². The zero-order valence-electron chi connectivity index (χ0n) is 8.11. The molecule has 0 radical (unpaired) electrons. The molecule has 0 amide bonds. The van der Waals surface area contributed by atoms with E-state index in [4.69, 9.17) is 11.6 Å². The van der Waals surface area contributed by atoms with E-state index in [-0.39, 0.29) is 6.04 Å². The standard InChI is InChI=1S/C10H11ClF3N/c1-7(6-11)15-9-4-2-8(3-5-9)10(12,13)14/h2-5,7,15H,6H2,1H3. The quantitative estimate of drug-likeness (QED) is 0.790. The molecule has 0 aliphatic carbocycles. The zero-order chi connectivity index (χ0) is 11.5. The summed E-state index contributed by atoms with van der Waals surface area (Å²) in [6, 6.07) is 4.91. The van der Waals surface area contributed by atoms with Gasteiger partial charge in [-0.25, -0.2) is 0 Å². The normalized spacial score (nSPS) is 13.7. The second kappa shape index (κ2) is 4.75. The Morgan fingerprint density at radius 3 is 2.20 bits per heavy atom. The van der Waals surface area contributed by atoms with Crippen LogP contribution in [0.2, 0.25) is 0 Å².